The van der Waals surface area contributed by atoms with E-state index in [0.29, 0.717) is 54.1 Å². The summed E-state index contributed by atoms with van der Waals surface area (Å²) in [6.45, 7) is 7.49. The Morgan fingerprint density at radius 3 is 2.43 bits per heavy atom. The number of hydrogen-bond donors (Lipinski definition) is 2. The topological polar surface area (TPSA) is 114 Å². The molecular formula is C35H40ClN3O6S. The van der Waals surface area contributed by atoms with Gasteiger partial charge in [0.15, 0.2) is 0 Å². The normalized spacial score (nSPS) is 15.2. The fraction of sp³-hybridized carbons (Fsp3) is 0.371. The van der Waals surface area contributed by atoms with Crippen molar-refractivity contribution in [2.24, 2.45) is 0 Å². The number of carbonyl (C=O) groups is 4. The molecule has 2 N–H and O–H groups in total. The van der Waals surface area contributed by atoms with Gasteiger partial charge in [-0.25, -0.2) is 9.59 Å². The maximum absolute atomic E-state index is 13.9. The summed E-state index contributed by atoms with van der Waals surface area (Å²) in [5, 5.41) is 5.71. The Balaban J connectivity index is 1.52. The van der Waals surface area contributed by atoms with E-state index in [2.05, 4.69) is 10.6 Å². The van der Waals surface area contributed by atoms with Crippen LogP contribution in [0.2, 0.25) is 5.02 Å². The van der Waals surface area contributed by atoms with Crippen LogP contribution in [0.3, 0.4) is 0 Å². The van der Waals surface area contributed by atoms with Crippen LogP contribution in [0, 0.1) is 6.92 Å². The monoisotopic (exact) mass is 665 g/mol. The third-order valence-electron chi connectivity index (χ3n) is 7.36. The number of alkyl carbamates (subject to hydrolysis) is 1. The molecule has 0 aliphatic carbocycles. The number of hydrogen-bond acceptors (Lipinski definition) is 7. The Bertz CT molecular complexity index is 1590. The molecule has 0 aromatic heterocycles. The standard InChI is InChI=1S/C35H40ClN3O6S/c1-22-11-6-7-12-24(22)31(40)37-23-16-17-25(27(36)21-23)32(41)39-19-10-15-30(26-13-8-9-14-29(26)39)44-33(42)28(18-20-46-5)38-34(43)45-35(2,3)4/h6-9,11-14,16-17,21,28,30H,10,15,18-20H2,1-5H3,(H,37,40)(H,38,43)/t28-,30?/m0/s1. The van der Waals surface area contributed by atoms with Crippen LogP contribution in [0.15, 0.2) is 66.7 Å². The van der Waals surface area contributed by atoms with E-state index in [1.54, 1.807) is 67.8 Å². The van der Waals surface area contributed by atoms with Crippen LogP contribution in [0.1, 0.15) is 78.0 Å². The van der Waals surface area contributed by atoms with Gasteiger partial charge in [-0.3, -0.25) is 9.59 Å². The predicted octanol–water partition coefficient (Wildman–Crippen LogP) is 7.57. The Morgan fingerprint density at radius 2 is 1.74 bits per heavy atom. The van der Waals surface area contributed by atoms with Crippen molar-refractivity contribution in [3.05, 3.63) is 94.0 Å². The molecule has 4 rings (SSSR count). The van der Waals surface area contributed by atoms with Crippen LogP contribution in [0.5, 0.6) is 0 Å². The number of halogens is 1. The molecule has 0 saturated heterocycles. The van der Waals surface area contributed by atoms with Crippen LogP contribution < -0.4 is 15.5 Å². The summed E-state index contributed by atoms with van der Waals surface area (Å²) in [5.74, 6) is -0.516. The molecule has 0 fully saturated rings. The molecule has 0 spiro atoms. The molecule has 1 heterocycles. The Labute approximate surface area is 279 Å². The number of para-hydroxylation sites is 1. The Morgan fingerprint density at radius 1 is 1.02 bits per heavy atom. The number of amides is 3. The van der Waals surface area contributed by atoms with Gasteiger partial charge in [0.1, 0.15) is 17.7 Å². The number of nitrogens with one attached hydrogen (secondary N) is 2. The Hall–Kier alpha value is -4.02. The van der Waals surface area contributed by atoms with E-state index >= 15 is 0 Å². The first-order chi connectivity index (χ1) is 21.9. The van der Waals surface area contributed by atoms with Gasteiger partial charge in [0.25, 0.3) is 11.8 Å². The zero-order chi connectivity index (χ0) is 33.4. The highest BCUT2D eigenvalue weighted by Crippen LogP contribution is 2.37. The molecule has 0 saturated carbocycles. The minimum Gasteiger partial charge on any atom is -0.456 e. The average molecular weight is 666 g/mol. The fourth-order valence-electron chi connectivity index (χ4n) is 5.14. The van der Waals surface area contributed by atoms with Crippen molar-refractivity contribution >= 4 is 58.6 Å². The summed E-state index contributed by atoms with van der Waals surface area (Å²) in [7, 11) is 0. The zero-order valence-corrected chi connectivity index (χ0v) is 28.3. The number of benzene rings is 3. The summed E-state index contributed by atoms with van der Waals surface area (Å²) >= 11 is 8.17. The van der Waals surface area contributed by atoms with Crippen molar-refractivity contribution in [3.8, 4) is 0 Å². The average Bonchev–Trinajstić information content (AvgIpc) is 3.17. The maximum atomic E-state index is 13.9. The molecule has 11 heteroatoms. The molecule has 3 aromatic carbocycles. The van der Waals surface area contributed by atoms with Crippen molar-refractivity contribution in [2.45, 2.75) is 64.7 Å². The molecular weight excluding hydrogens is 626 g/mol. The fourth-order valence-corrected chi connectivity index (χ4v) is 5.88. The first-order valence-electron chi connectivity index (χ1n) is 15.1. The molecule has 3 aromatic rings. The van der Waals surface area contributed by atoms with E-state index < -0.39 is 29.8 Å². The minimum atomic E-state index is -0.890. The third-order valence-corrected chi connectivity index (χ3v) is 8.32. The van der Waals surface area contributed by atoms with E-state index in [1.165, 1.54) is 0 Å². The second-order valence-corrected chi connectivity index (χ2v) is 13.4. The summed E-state index contributed by atoms with van der Waals surface area (Å²) in [5.41, 5.74) is 2.71. The molecule has 9 nitrogen and oxygen atoms in total. The molecule has 1 aliphatic heterocycles. The summed E-state index contributed by atoms with van der Waals surface area (Å²) in [6, 6.07) is 18.5. The van der Waals surface area contributed by atoms with E-state index in [9.17, 15) is 19.2 Å². The molecule has 3 amide bonds. The van der Waals surface area contributed by atoms with Gasteiger partial charge in [0, 0.05) is 23.4 Å². The number of rotatable bonds is 9. The quantitative estimate of drug-likeness (QED) is 0.227. The number of aryl methyl sites for hydroxylation is 1. The maximum Gasteiger partial charge on any atom is 0.408 e. The zero-order valence-electron chi connectivity index (χ0n) is 26.7. The lowest BCUT2D eigenvalue weighted by atomic mass is 10.0. The molecule has 0 radical (unpaired) electrons. The van der Waals surface area contributed by atoms with Crippen molar-refractivity contribution in [1.29, 1.82) is 0 Å². The predicted molar refractivity (Wildman–Crippen MR) is 183 cm³/mol. The molecule has 1 unspecified atom stereocenters. The van der Waals surface area contributed by atoms with Gasteiger partial charge in [-0.2, -0.15) is 11.8 Å². The van der Waals surface area contributed by atoms with E-state index in [1.807, 2.05) is 49.6 Å². The molecule has 244 valence electrons. The van der Waals surface area contributed by atoms with E-state index in [0.717, 1.165) is 5.56 Å². The number of fused-ring (bicyclic) bond motifs is 1. The van der Waals surface area contributed by atoms with Crippen LogP contribution in [-0.2, 0) is 14.3 Å². The van der Waals surface area contributed by atoms with Gasteiger partial charge in [0.2, 0.25) is 0 Å². The second kappa shape index (κ2) is 15.5. The number of ether oxygens (including phenoxy) is 2. The van der Waals surface area contributed by atoms with Gasteiger partial charge in [-0.05, 0) is 94.9 Å². The Kier molecular flexibility index (Phi) is 11.8. The number of anilines is 2. The van der Waals surface area contributed by atoms with Crippen molar-refractivity contribution in [3.63, 3.8) is 0 Å². The summed E-state index contributed by atoms with van der Waals surface area (Å²) in [6.07, 6.45) is 2.00. The van der Waals surface area contributed by atoms with E-state index in [4.69, 9.17) is 21.1 Å². The van der Waals surface area contributed by atoms with Gasteiger partial charge in [-0.15, -0.1) is 0 Å². The molecule has 1 aliphatic rings. The van der Waals surface area contributed by atoms with E-state index in [-0.39, 0.29) is 22.4 Å². The second-order valence-electron chi connectivity index (χ2n) is 12.0. The highest BCUT2D eigenvalue weighted by Gasteiger charge is 2.32. The lowest BCUT2D eigenvalue weighted by Crippen LogP contribution is -2.44. The van der Waals surface area contributed by atoms with Crippen LogP contribution in [-0.4, -0.2) is 54.1 Å². The van der Waals surface area contributed by atoms with Crippen LogP contribution in [0.25, 0.3) is 0 Å². The molecule has 0 bridgehead atoms. The molecule has 46 heavy (non-hydrogen) atoms. The van der Waals surface area contributed by atoms with Crippen LogP contribution >= 0.6 is 23.4 Å². The van der Waals surface area contributed by atoms with Crippen LogP contribution in [0.4, 0.5) is 16.2 Å². The summed E-state index contributed by atoms with van der Waals surface area (Å²) < 4.78 is 11.4. The van der Waals surface area contributed by atoms with Gasteiger partial charge in [0.05, 0.1) is 16.3 Å². The van der Waals surface area contributed by atoms with Crippen molar-refractivity contribution in [2.75, 3.05) is 28.8 Å². The molecule has 2 atom stereocenters. The van der Waals surface area contributed by atoms with Gasteiger partial charge in [-0.1, -0.05) is 48.0 Å². The largest absolute Gasteiger partial charge is 0.456 e. The third kappa shape index (κ3) is 9.04. The number of esters is 1. The number of nitrogens with zero attached hydrogens (tertiary/aromatic N) is 1. The first-order valence-corrected chi connectivity index (χ1v) is 16.9. The SMILES string of the molecule is CSCC[C@H](NC(=O)OC(C)(C)C)C(=O)OC1CCCN(C(=O)c2ccc(NC(=O)c3ccccc3C)cc2Cl)c2ccccc21. The smallest absolute Gasteiger partial charge is 0.408 e. The van der Waals surface area contributed by atoms with Crippen molar-refractivity contribution in [1.82, 2.24) is 5.32 Å². The lowest BCUT2D eigenvalue weighted by Gasteiger charge is -2.26. The van der Waals surface area contributed by atoms with Gasteiger partial charge >= 0.3 is 12.1 Å². The summed E-state index contributed by atoms with van der Waals surface area (Å²) in [4.78, 5) is 54.3. The first kappa shape index (κ1) is 34.8. The number of thioether (sulfide) groups is 1. The van der Waals surface area contributed by atoms with Gasteiger partial charge < -0.3 is 25.0 Å². The van der Waals surface area contributed by atoms with Crippen molar-refractivity contribution < 1.29 is 28.7 Å². The number of carbonyl (C=O) groups excluding carboxylic acids is 4. The highest BCUT2D eigenvalue weighted by atomic mass is 35.5. The highest BCUT2D eigenvalue weighted by molar-refractivity contribution is 7.98. The lowest BCUT2D eigenvalue weighted by molar-refractivity contribution is -0.152. The minimum absolute atomic E-state index is 0.196.